The van der Waals surface area contributed by atoms with Gasteiger partial charge in [-0.1, -0.05) is 0 Å². The number of benzene rings is 1. The number of methoxy groups -OCH3 is 1. The highest BCUT2D eigenvalue weighted by molar-refractivity contribution is 6.21. The number of hydrogen-bond donors (Lipinski definition) is 1. The molecule has 1 heterocycles. The van der Waals surface area contributed by atoms with Crippen LogP contribution in [0.1, 0.15) is 37.5 Å². The number of fused-ring (bicyclic) bond motifs is 1. The van der Waals surface area contributed by atoms with Gasteiger partial charge in [0.15, 0.2) is 6.61 Å². The van der Waals surface area contributed by atoms with Gasteiger partial charge in [-0.2, -0.15) is 0 Å². The zero-order chi connectivity index (χ0) is 17.7. The maximum atomic E-state index is 12.3. The Morgan fingerprint density at radius 1 is 1.17 bits per heavy atom. The molecule has 0 saturated heterocycles. The summed E-state index contributed by atoms with van der Waals surface area (Å²) in [6.45, 7) is 0.267. The molecule has 0 unspecified atom stereocenters. The van der Waals surface area contributed by atoms with Crippen molar-refractivity contribution in [2.45, 2.75) is 6.42 Å². The highest BCUT2D eigenvalue weighted by atomic mass is 16.5. The lowest BCUT2D eigenvalue weighted by Gasteiger charge is -2.12. The first-order chi connectivity index (χ1) is 11.5. The molecule has 0 spiro atoms. The van der Waals surface area contributed by atoms with Crippen molar-refractivity contribution >= 4 is 23.7 Å². The van der Waals surface area contributed by atoms with Crippen LogP contribution in [0.15, 0.2) is 18.2 Å². The molecule has 1 aromatic carbocycles. The normalized spacial score (nSPS) is 13.0. The molecular weight excluding hydrogens is 316 g/mol. The second kappa shape index (κ2) is 7.69. The Morgan fingerprint density at radius 2 is 1.88 bits per heavy atom. The molecule has 8 nitrogen and oxygen atoms in total. The van der Waals surface area contributed by atoms with Crippen molar-refractivity contribution in [3.8, 4) is 0 Å². The summed E-state index contributed by atoms with van der Waals surface area (Å²) in [7, 11) is 2.97. The van der Waals surface area contributed by atoms with Crippen molar-refractivity contribution in [1.29, 1.82) is 0 Å². The van der Waals surface area contributed by atoms with E-state index in [1.807, 2.05) is 0 Å². The zero-order valence-electron chi connectivity index (χ0n) is 13.5. The Hall–Kier alpha value is -2.74. The number of imide groups is 1. The number of likely N-dealkylation sites (N-methyl/N-ethyl adjacent to an activating group) is 1. The van der Waals surface area contributed by atoms with Crippen LogP contribution >= 0.6 is 0 Å². The van der Waals surface area contributed by atoms with Gasteiger partial charge in [0.05, 0.1) is 16.7 Å². The van der Waals surface area contributed by atoms with Crippen molar-refractivity contribution in [2.75, 3.05) is 33.9 Å². The molecule has 3 amide bonds. The van der Waals surface area contributed by atoms with Crippen LogP contribution in [-0.4, -0.2) is 62.5 Å². The third kappa shape index (κ3) is 3.60. The molecule has 0 bridgehead atoms. The van der Waals surface area contributed by atoms with Crippen molar-refractivity contribution in [3.05, 3.63) is 34.9 Å². The first-order valence-corrected chi connectivity index (χ1v) is 7.36. The number of nitrogens with zero attached hydrogens (tertiary/aromatic N) is 1. The van der Waals surface area contributed by atoms with Crippen LogP contribution in [0.25, 0.3) is 0 Å². The molecule has 0 aliphatic carbocycles. The number of carbonyl (C=O) groups is 4. The second-order valence-corrected chi connectivity index (χ2v) is 5.12. The summed E-state index contributed by atoms with van der Waals surface area (Å²) < 4.78 is 9.74. The predicted octanol–water partition coefficient (Wildman–Crippen LogP) is 0.222. The third-order valence-corrected chi connectivity index (χ3v) is 3.55. The van der Waals surface area contributed by atoms with Gasteiger partial charge in [-0.15, -0.1) is 0 Å². The average molecular weight is 334 g/mol. The quantitative estimate of drug-likeness (QED) is 0.435. The molecule has 1 aliphatic rings. The van der Waals surface area contributed by atoms with Crippen molar-refractivity contribution in [2.24, 2.45) is 0 Å². The van der Waals surface area contributed by atoms with E-state index in [-0.39, 0.29) is 23.2 Å². The fourth-order valence-corrected chi connectivity index (χ4v) is 2.27. The first-order valence-electron chi connectivity index (χ1n) is 7.36. The number of carbonyl (C=O) groups excluding carboxylic acids is 4. The van der Waals surface area contributed by atoms with Crippen LogP contribution in [-0.2, 0) is 14.3 Å². The van der Waals surface area contributed by atoms with E-state index in [4.69, 9.17) is 9.47 Å². The highest BCUT2D eigenvalue weighted by Gasteiger charge is 2.35. The van der Waals surface area contributed by atoms with Crippen LogP contribution in [0, 0.1) is 0 Å². The summed E-state index contributed by atoms with van der Waals surface area (Å²) in [5, 5.41) is 2.32. The van der Waals surface area contributed by atoms with E-state index in [1.54, 1.807) is 7.11 Å². The minimum atomic E-state index is -0.737. The average Bonchev–Trinajstić information content (AvgIpc) is 2.83. The highest BCUT2D eigenvalue weighted by Crippen LogP contribution is 2.24. The molecule has 1 N–H and O–H groups in total. The molecular formula is C16H18N2O6. The maximum absolute atomic E-state index is 12.3. The minimum absolute atomic E-state index is 0.109. The van der Waals surface area contributed by atoms with E-state index >= 15 is 0 Å². The molecule has 0 aromatic heterocycles. The fraction of sp³-hybridized carbons (Fsp3) is 0.375. The van der Waals surface area contributed by atoms with Gasteiger partial charge in [-0.05, 0) is 24.6 Å². The Bertz CT molecular complexity index is 685. The zero-order valence-corrected chi connectivity index (χ0v) is 13.5. The lowest BCUT2D eigenvalue weighted by molar-refractivity contribution is -0.123. The largest absolute Gasteiger partial charge is 0.452 e. The standard InChI is InChI=1S/C16H18N2O6/c1-17-13(19)9-24-16(22)10-4-5-11-12(8-10)15(21)18(14(11)20)6-3-7-23-2/h4-5,8H,3,6-7,9H2,1-2H3,(H,17,19). The Morgan fingerprint density at radius 3 is 2.54 bits per heavy atom. The fourth-order valence-electron chi connectivity index (χ4n) is 2.27. The Labute approximate surface area is 138 Å². The molecule has 0 fully saturated rings. The van der Waals surface area contributed by atoms with Gasteiger partial charge >= 0.3 is 5.97 Å². The SMILES string of the molecule is CNC(=O)COC(=O)c1ccc2c(c1)C(=O)N(CCCOC)C2=O. The van der Waals surface area contributed by atoms with Gasteiger partial charge in [-0.3, -0.25) is 19.3 Å². The lowest BCUT2D eigenvalue weighted by atomic mass is 10.1. The number of ether oxygens (including phenoxy) is 2. The molecule has 0 saturated carbocycles. The van der Waals surface area contributed by atoms with Crippen LogP contribution in [0.2, 0.25) is 0 Å². The van der Waals surface area contributed by atoms with Gasteiger partial charge in [-0.25, -0.2) is 4.79 Å². The summed E-state index contributed by atoms with van der Waals surface area (Å²) in [4.78, 5) is 48.7. The minimum Gasteiger partial charge on any atom is -0.452 e. The van der Waals surface area contributed by atoms with Crippen molar-refractivity contribution in [3.63, 3.8) is 0 Å². The van der Waals surface area contributed by atoms with E-state index in [9.17, 15) is 19.2 Å². The maximum Gasteiger partial charge on any atom is 0.338 e. The third-order valence-electron chi connectivity index (χ3n) is 3.55. The first kappa shape index (κ1) is 17.6. The van der Waals surface area contributed by atoms with Crippen LogP contribution in [0.4, 0.5) is 0 Å². The van der Waals surface area contributed by atoms with Crippen LogP contribution in [0.5, 0.6) is 0 Å². The number of hydrogen-bond acceptors (Lipinski definition) is 6. The van der Waals surface area contributed by atoms with E-state index in [1.165, 1.54) is 25.2 Å². The van der Waals surface area contributed by atoms with E-state index < -0.39 is 30.3 Å². The molecule has 0 atom stereocenters. The van der Waals surface area contributed by atoms with Gasteiger partial charge in [0.1, 0.15) is 0 Å². The Kier molecular flexibility index (Phi) is 5.64. The van der Waals surface area contributed by atoms with Crippen molar-refractivity contribution < 1.29 is 28.7 Å². The van der Waals surface area contributed by atoms with E-state index in [0.29, 0.717) is 13.0 Å². The molecule has 1 aromatic rings. The number of nitrogens with one attached hydrogen (secondary N) is 1. The number of esters is 1. The summed E-state index contributed by atoms with van der Waals surface area (Å²) in [6, 6.07) is 4.13. The van der Waals surface area contributed by atoms with E-state index in [2.05, 4.69) is 5.32 Å². The predicted molar refractivity (Wildman–Crippen MR) is 82.7 cm³/mol. The molecule has 128 valence electrons. The lowest BCUT2D eigenvalue weighted by Crippen LogP contribution is -2.31. The molecule has 24 heavy (non-hydrogen) atoms. The van der Waals surface area contributed by atoms with Gasteiger partial charge in [0.25, 0.3) is 17.7 Å². The van der Waals surface area contributed by atoms with Crippen LogP contribution in [0.3, 0.4) is 0 Å². The number of rotatable bonds is 7. The summed E-state index contributed by atoms with van der Waals surface area (Å²) in [5.74, 6) is -2.03. The van der Waals surface area contributed by atoms with Crippen LogP contribution < -0.4 is 5.32 Å². The van der Waals surface area contributed by atoms with Gasteiger partial charge in [0, 0.05) is 27.3 Å². The molecule has 1 aliphatic heterocycles. The second-order valence-electron chi connectivity index (χ2n) is 5.12. The van der Waals surface area contributed by atoms with Crippen molar-refractivity contribution in [1.82, 2.24) is 10.2 Å². The summed E-state index contributed by atoms with van der Waals surface area (Å²) >= 11 is 0. The monoisotopic (exact) mass is 334 g/mol. The molecule has 0 radical (unpaired) electrons. The topological polar surface area (TPSA) is 102 Å². The smallest absolute Gasteiger partial charge is 0.338 e. The summed E-state index contributed by atoms with van der Waals surface area (Å²) in [5.41, 5.74) is 0.518. The van der Waals surface area contributed by atoms with Gasteiger partial charge in [0.2, 0.25) is 0 Å². The summed E-state index contributed by atoms with van der Waals surface area (Å²) in [6.07, 6.45) is 0.531. The Balaban J connectivity index is 2.12. The molecule has 2 rings (SSSR count). The number of amides is 3. The molecule has 8 heteroatoms. The van der Waals surface area contributed by atoms with Gasteiger partial charge < -0.3 is 14.8 Å². The van der Waals surface area contributed by atoms with E-state index in [0.717, 1.165) is 4.90 Å².